The number of benzene rings is 2. The zero-order valence-electron chi connectivity index (χ0n) is 13.0. The molecule has 3 aromatic rings. The molecule has 0 saturated carbocycles. The second kappa shape index (κ2) is 6.67. The fourth-order valence-electron chi connectivity index (χ4n) is 1.90. The third-order valence-electron chi connectivity index (χ3n) is 3.13. The molecular formula is C16H14ClN5O2. The van der Waals surface area contributed by atoms with Crippen molar-refractivity contribution in [2.24, 2.45) is 0 Å². The van der Waals surface area contributed by atoms with E-state index in [1.165, 1.54) is 4.90 Å². The van der Waals surface area contributed by atoms with Crippen LogP contribution in [0, 0.1) is 0 Å². The van der Waals surface area contributed by atoms with Crippen LogP contribution in [0.1, 0.15) is 0 Å². The van der Waals surface area contributed by atoms with Gasteiger partial charge in [0.2, 0.25) is 5.82 Å². The van der Waals surface area contributed by atoms with Gasteiger partial charge in [0.1, 0.15) is 11.5 Å². The summed E-state index contributed by atoms with van der Waals surface area (Å²) in [5.41, 5.74) is 0.733. The molecule has 0 aliphatic rings. The van der Waals surface area contributed by atoms with Gasteiger partial charge < -0.3 is 9.64 Å². The van der Waals surface area contributed by atoms with E-state index in [0.29, 0.717) is 22.3 Å². The van der Waals surface area contributed by atoms with Crippen molar-refractivity contribution in [1.82, 2.24) is 25.1 Å². The maximum atomic E-state index is 11.8. The van der Waals surface area contributed by atoms with Crippen molar-refractivity contribution in [3.8, 4) is 22.9 Å². The molecule has 0 spiro atoms. The molecule has 1 aromatic heterocycles. The van der Waals surface area contributed by atoms with E-state index >= 15 is 0 Å². The van der Waals surface area contributed by atoms with Gasteiger partial charge >= 0.3 is 6.03 Å². The van der Waals surface area contributed by atoms with Crippen molar-refractivity contribution in [2.75, 3.05) is 14.1 Å². The number of hydrogen-bond acceptors (Lipinski definition) is 5. The van der Waals surface area contributed by atoms with Crippen LogP contribution >= 0.6 is 11.6 Å². The first kappa shape index (κ1) is 15.9. The van der Waals surface area contributed by atoms with Crippen LogP contribution in [-0.4, -0.2) is 45.2 Å². The van der Waals surface area contributed by atoms with Gasteiger partial charge in [-0.2, -0.15) is 0 Å². The number of carbonyl (C=O) groups excluding carboxylic acids is 1. The number of nitrogens with zero attached hydrogens (tertiary/aromatic N) is 5. The van der Waals surface area contributed by atoms with E-state index in [1.807, 2.05) is 0 Å². The smallest absolute Gasteiger partial charge is 0.362 e. The summed E-state index contributed by atoms with van der Waals surface area (Å²) in [6, 6.07) is 13.9. The van der Waals surface area contributed by atoms with Crippen molar-refractivity contribution in [1.29, 1.82) is 0 Å². The fraction of sp³-hybridized carbons (Fsp3) is 0.125. The number of hydrogen-bond donors (Lipinski definition) is 0. The van der Waals surface area contributed by atoms with Crippen molar-refractivity contribution in [3.05, 3.63) is 53.6 Å². The molecule has 0 atom stereocenters. The van der Waals surface area contributed by atoms with E-state index < -0.39 is 0 Å². The van der Waals surface area contributed by atoms with Crippen molar-refractivity contribution in [3.63, 3.8) is 0 Å². The number of ether oxygens (including phenoxy) is 1. The van der Waals surface area contributed by atoms with Crippen LogP contribution in [0.2, 0.25) is 5.02 Å². The fourth-order valence-corrected chi connectivity index (χ4v) is 2.03. The molecule has 0 radical (unpaired) electrons. The lowest BCUT2D eigenvalue weighted by atomic mass is 10.2. The molecule has 8 heteroatoms. The molecule has 0 bridgehead atoms. The largest absolute Gasteiger partial charge is 0.457 e. The molecular weight excluding hydrogens is 330 g/mol. The number of carbonyl (C=O) groups is 1. The summed E-state index contributed by atoms with van der Waals surface area (Å²) in [5.74, 6) is 1.72. The second-order valence-electron chi connectivity index (χ2n) is 5.16. The zero-order valence-corrected chi connectivity index (χ0v) is 13.8. The monoisotopic (exact) mass is 343 g/mol. The highest BCUT2D eigenvalue weighted by atomic mass is 35.5. The number of amides is 1. The molecule has 0 aliphatic heterocycles. The molecule has 1 heterocycles. The van der Waals surface area contributed by atoms with Crippen LogP contribution in [0.4, 0.5) is 4.79 Å². The van der Waals surface area contributed by atoms with Crippen molar-refractivity contribution in [2.45, 2.75) is 0 Å². The molecule has 7 nitrogen and oxygen atoms in total. The van der Waals surface area contributed by atoms with Crippen LogP contribution < -0.4 is 4.74 Å². The lowest BCUT2D eigenvalue weighted by molar-refractivity contribution is 0.211. The maximum absolute atomic E-state index is 11.8. The standard InChI is InChI=1S/C16H14ClN5O2/c1-21(2)16(23)22-19-15(18-20-22)11-3-7-13(8-4-11)24-14-9-5-12(17)6-10-14/h3-10H,1-2H3. The van der Waals surface area contributed by atoms with Crippen LogP contribution in [0.25, 0.3) is 11.4 Å². The predicted octanol–water partition coefficient (Wildman–Crippen LogP) is 3.32. The highest BCUT2D eigenvalue weighted by molar-refractivity contribution is 6.30. The van der Waals surface area contributed by atoms with Gasteiger partial charge in [-0.15, -0.1) is 10.2 Å². The molecule has 0 fully saturated rings. The predicted molar refractivity (Wildman–Crippen MR) is 89.3 cm³/mol. The Kier molecular flexibility index (Phi) is 4.43. The van der Waals surface area contributed by atoms with Gasteiger partial charge in [-0.05, 0) is 53.7 Å². The molecule has 0 aliphatic carbocycles. The average molecular weight is 344 g/mol. The topological polar surface area (TPSA) is 73.1 Å². The summed E-state index contributed by atoms with van der Waals surface area (Å²) in [6.07, 6.45) is 0. The van der Waals surface area contributed by atoms with Gasteiger partial charge in [-0.1, -0.05) is 16.4 Å². The normalized spacial score (nSPS) is 10.5. The quantitative estimate of drug-likeness (QED) is 0.729. The minimum absolute atomic E-state index is 0.364. The minimum atomic E-state index is -0.364. The number of tetrazole rings is 1. The first-order valence-corrected chi connectivity index (χ1v) is 7.46. The average Bonchev–Trinajstić information content (AvgIpc) is 3.07. The summed E-state index contributed by atoms with van der Waals surface area (Å²) < 4.78 is 5.72. The summed E-state index contributed by atoms with van der Waals surface area (Å²) in [5, 5.41) is 12.4. The first-order chi connectivity index (χ1) is 11.5. The lowest BCUT2D eigenvalue weighted by Crippen LogP contribution is -2.29. The maximum Gasteiger partial charge on any atom is 0.362 e. The van der Waals surface area contributed by atoms with Gasteiger partial charge in [0.15, 0.2) is 0 Å². The second-order valence-corrected chi connectivity index (χ2v) is 5.60. The summed E-state index contributed by atoms with van der Waals surface area (Å²) >= 11 is 5.84. The SMILES string of the molecule is CN(C)C(=O)n1nnc(-c2ccc(Oc3ccc(Cl)cc3)cc2)n1. The van der Waals surface area contributed by atoms with Gasteiger partial charge in [0.25, 0.3) is 0 Å². The van der Waals surface area contributed by atoms with Crippen LogP contribution in [0.5, 0.6) is 11.5 Å². The molecule has 2 aromatic carbocycles. The molecule has 1 amide bonds. The van der Waals surface area contributed by atoms with E-state index in [1.54, 1.807) is 62.6 Å². The number of rotatable bonds is 3. The molecule has 122 valence electrons. The number of halogens is 1. The van der Waals surface area contributed by atoms with Crippen LogP contribution in [-0.2, 0) is 0 Å². The molecule has 0 N–H and O–H groups in total. The third-order valence-corrected chi connectivity index (χ3v) is 3.38. The van der Waals surface area contributed by atoms with Gasteiger partial charge in [0.05, 0.1) is 0 Å². The van der Waals surface area contributed by atoms with Crippen LogP contribution in [0.15, 0.2) is 48.5 Å². The van der Waals surface area contributed by atoms with E-state index in [4.69, 9.17) is 16.3 Å². The third kappa shape index (κ3) is 3.52. The lowest BCUT2D eigenvalue weighted by Gasteiger charge is -2.06. The Labute approximate surface area is 143 Å². The molecule has 3 rings (SSSR count). The summed E-state index contributed by atoms with van der Waals surface area (Å²) in [4.78, 5) is 14.1. The Morgan fingerprint density at radius 2 is 1.62 bits per heavy atom. The van der Waals surface area contributed by atoms with Crippen molar-refractivity contribution < 1.29 is 9.53 Å². The zero-order chi connectivity index (χ0) is 17.1. The van der Waals surface area contributed by atoms with E-state index in [2.05, 4.69) is 15.4 Å². The highest BCUT2D eigenvalue weighted by Crippen LogP contribution is 2.25. The van der Waals surface area contributed by atoms with Gasteiger partial charge in [-0.3, -0.25) is 0 Å². The summed E-state index contributed by atoms with van der Waals surface area (Å²) in [6.45, 7) is 0. The number of aromatic nitrogens is 4. The van der Waals surface area contributed by atoms with Gasteiger partial charge in [0, 0.05) is 24.7 Å². The Morgan fingerprint density at radius 3 is 2.21 bits per heavy atom. The highest BCUT2D eigenvalue weighted by Gasteiger charge is 2.13. The minimum Gasteiger partial charge on any atom is -0.457 e. The van der Waals surface area contributed by atoms with Gasteiger partial charge in [-0.25, -0.2) is 4.79 Å². The first-order valence-electron chi connectivity index (χ1n) is 7.08. The Hall–Kier alpha value is -2.93. The summed E-state index contributed by atoms with van der Waals surface area (Å²) in [7, 11) is 3.24. The Balaban J connectivity index is 1.75. The van der Waals surface area contributed by atoms with E-state index in [0.717, 1.165) is 10.4 Å². The molecule has 0 saturated heterocycles. The van der Waals surface area contributed by atoms with E-state index in [9.17, 15) is 4.79 Å². The molecule has 0 unspecified atom stereocenters. The van der Waals surface area contributed by atoms with E-state index in [-0.39, 0.29) is 6.03 Å². The van der Waals surface area contributed by atoms with Crippen LogP contribution in [0.3, 0.4) is 0 Å². The molecule has 24 heavy (non-hydrogen) atoms. The Morgan fingerprint density at radius 1 is 1.04 bits per heavy atom. The van der Waals surface area contributed by atoms with Crippen molar-refractivity contribution >= 4 is 17.6 Å². The Bertz CT molecular complexity index is 844.